The van der Waals surface area contributed by atoms with Gasteiger partial charge in [0, 0.05) is 13.1 Å². The largest absolute Gasteiger partial charge is 0.481 e. The van der Waals surface area contributed by atoms with Gasteiger partial charge >= 0.3 is 18.2 Å². The van der Waals surface area contributed by atoms with E-state index in [0.29, 0.717) is 0 Å². The first-order chi connectivity index (χ1) is 12.7. The predicted molar refractivity (Wildman–Crippen MR) is 92.3 cm³/mol. The lowest BCUT2D eigenvalue weighted by atomic mass is 9.89. The second-order valence-electron chi connectivity index (χ2n) is 7.40. The average Bonchev–Trinajstić information content (AvgIpc) is 3.07. The number of nitrogens with one attached hydrogen (secondary N) is 1. The molecule has 0 saturated carbocycles. The molecule has 148 valence electrons. The highest BCUT2D eigenvalue weighted by Crippen LogP contribution is 2.37. The van der Waals surface area contributed by atoms with Crippen LogP contribution in [-0.2, 0) is 17.6 Å². The average molecular weight is 384 g/mol. The van der Waals surface area contributed by atoms with Gasteiger partial charge in [-0.25, -0.2) is 4.79 Å². The Morgan fingerprint density at radius 3 is 2.44 bits per heavy atom. The lowest BCUT2D eigenvalue weighted by Gasteiger charge is -2.23. The number of benzene rings is 1. The van der Waals surface area contributed by atoms with Gasteiger partial charge in [0.15, 0.2) is 0 Å². The molecule has 0 aromatic heterocycles. The van der Waals surface area contributed by atoms with Crippen LogP contribution in [0.4, 0.5) is 18.0 Å². The normalized spacial score (nSPS) is 23.6. The maximum absolute atomic E-state index is 13.1. The Kier molecular flexibility index (Phi) is 5.35. The third-order valence-electron chi connectivity index (χ3n) is 5.56. The molecule has 0 bridgehead atoms. The number of carbonyl (C=O) groups is 2. The van der Waals surface area contributed by atoms with Crippen LogP contribution in [0.15, 0.2) is 18.2 Å². The van der Waals surface area contributed by atoms with Gasteiger partial charge in [0.05, 0.1) is 17.9 Å². The van der Waals surface area contributed by atoms with Crippen molar-refractivity contribution in [1.29, 1.82) is 0 Å². The monoisotopic (exact) mass is 384 g/mol. The van der Waals surface area contributed by atoms with Gasteiger partial charge in [-0.05, 0) is 49.3 Å². The second kappa shape index (κ2) is 7.40. The standard InChI is InChI=1S/C19H23F3N2O3/c1-11(13-7-6-12-4-2-3-5-14(12)8-13)23-18(27)24-9-15(17(25)26)16(10-24)19(20,21)22/h6-8,11,15-16H,2-5,9-10H2,1H3,(H,23,27)(H,25,26)/t11?,15-,16-/m1/s1. The maximum atomic E-state index is 13.1. The van der Waals surface area contributed by atoms with E-state index in [0.717, 1.165) is 29.7 Å². The minimum atomic E-state index is -4.65. The summed E-state index contributed by atoms with van der Waals surface area (Å²) in [5.41, 5.74) is 3.45. The summed E-state index contributed by atoms with van der Waals surface area (Å²) in [7, 11) is 0. The Morgan fingerprint density at radius 2 is 1.85 bits per heavy atom. The van der Waals surface area contributed by atoms with Crippen LogP contribution < -0.4 is 5.32 Å². The van der Waals surface area contributed by atoms with Crippen molar-refractivity contribution in [3.8, 4) is 0 Å². The molecule has 1 saturated heterocycles. The number of hydrogen-bond acceptors (Lipinski definition) is 2. The van der Waals surface area contributed by atoms with E-state index in [1.54, 1.807) is 6.92 Å². The minimum Gasteiger partial charge on any atom is -0.481 e. The van der Waals surface area contributed by atoms with Crippen LogP contribution in [0.1, 0.15) is 42.5 Å². The molecule has 2 aliphatic rings. The van der Waals surface area contributed by atoms with Crippen LogP contribution in [0.25, 0.3) is 0 Å². The van der Waals surface area contributed by atoms with E-state index >= 15 is 0 Å². The predicted octanol–water partition coefficient (Wildman–Crippen LogP) is 3.53. The number of amides is 2. The van der Waals surface area contributed by atoms with Crippen molar-refractivity contribution in [3.63, 3.8) is 0 Å². The van der Waals surface area contributed by atoms with E-state index in [2.05, 4.69) is 5.32 Å². The highest BCUT2D eigenvalue weighted by molar-refractivity contribution is 5.78. The SMILES string of the molecule is CC(NC(=O)N1C[C@@H](C(F)(F)F)[C@H](C(=O)O)C1)c1ccc2c(c1)CCCC2. The molecular formula is C19H23F3N2O3. The molecule has 3 atom stereocenters. The van der Waals surface area contributed by atoms with E-state index in [-0.39, 0.29) is 6.04 Å². The van der Waals surface area contributed by atoms with E-state index in [1.807, 2.05) is 18.2 Å². The fourth-order valence-corrected chi connectivity index (χ4v) is 3.93. The first-order valence-electron chi connectivity index (χ1n) is 9.13. The van der Waals surface area contributed by atoms with Gasteiger partial charge < -0.3 is 15.3 Å². The van der Waals surface area contributed by atoms with Crippen LogP contribution in [-0.4, -0.2) is 41.3 Å². The molecule has 1 unspecified atom stereocenters. The molecule has 1 aliphatic heterocycles. The van der Waals surface area contributed by atoms with Gasteiger partial charge in [-0.15, -0.1) is 0 Å². The summed E-state index contributed by atoms with van der Waals surface area (Å²) in [6.07, 6.45) is -0.329. The number of aliphatic carboxylic acids is 1. The molecule has 1 aromatic carbocycles. The van der Waals surface area contributed by atoms with Crippen LogP contribution in [0.5, 0.6) is 0 Å². The van der Waals surface area contributed by atoms with Crippen molar-refractivity contribution in [2.75, 3.05) is 13.1 Å². The summed E-state index contributed by atoms with van der Waals surface area (Å²) in [6, 6.07) is 4.97. The molecule has 1 aliphatic carbocycles. The van der Waals surface area contributed by atoms with Gasteiger partial charge in [0.1, 0.15) is 0 Å². The van der Waals surface area contributed by atoms with Crippen molar-refractivity contribution < 1.29 is 27.9 Å². The van der Waals surface area contributed by atoms with Gasteiger partial charge in [-0.2, -0.15) is 13.2 Å². The van der Waals surface area contributed by atoms with E-state index in [9.17, 15) is 22.8 Å². The fourth-order valence-electron chi connectivity index (χ4n) is 3.93. The van der Waals surface area contributed by atoms with Gasteiger partial charge in [-0.1, -0.05) is 18.2 Å². The van der Waals surface area contributed by atoms with Crippen molar-refractivity contribution in [2.24, 2.45) is 11.8 Å². The number of nitrogens with zero attached hydrogens (tertiary/aromatic N) is 1. The van der Waals surface area contributed by atoms with E-state index in [4.69, 9.17) is 5.11 Å². The first kappa shape index (κ1) is 19.5. The Morgan fingerprint density at radius 1 is 1.19 bits per heavy atom. The van der Waals surface area contributed by atoms with Gasteiger partial charge in [0.2, 0.25) is 0 Å². The second-order valence-corrected chi connectivity index (χ2v) is 7.40. The van der Waals surface area contributed by atoms with Gasteiger partial charge in [0.25, 0.3) is 0 Å². The first-order valence-corrected chi connectivity index (χ1v) is 9.13. The molecule has 5 nitrogen and oxygen atoms in total. The Balaban J connectivity index is 1.67. The summed E-state index contributed by atoms with van der Waals surface area (Å²) in [4.78, 5) is 24.5. The summed E-state index contributed by atoms with van der Waals surface area (Å²) >= 11 is 0. The zero-order valence-corrected chi connectivity index (χ0v) is 15.1. The van der Waals surface area contributed by atoms with Crippen LogP contribution >= 0.6 is 0 Å². The highest BCUT2D eigenvalue weighted by atomic mass is 19.4. The highest BCUT2D eigenvalue weighted by Gasteiger charge is 2.53. The number of carboxylic acid groups (broad SMARTS) is 1. The summed E-state index contributed by atoms with van der Waals surface area (Å²) in [5, 5.41) is 11.8. The summed E-state index contributed by atoms with van der Waals surface area (Å²) < 4.78 is 39.2. The van der Waals surface area contributed by atoms with Crippen LogP contribution in [0.3, 0.4) is 0 Å². The molecule has 2 amide bonds. The van der Waals surface area contributed by atoms with Crippen LogP contribution in [0, 0.1) is 11.8 Å². The number of aryl methyl sites for hydroxylation is 2. The van der Waals surface area contributed by atoms with Gasteiger partial charge in [-0.3, -0.25) is 4.79 Å². The molecular weight excluding hydrogens is 361 g/mol. The van der Waals surface area contributed by atoms with Crippen molar-refractivity contribution in [2.45, 2.75) is 44.8 Å². The molecule has 8 heteroatoms. The quantitative estimate of drug-likeness (QED) is 0.838. The lowest BCUT2D eigenvalue weighted by molar-refractivity contribution is -0.187. The number of carboxylic acids is 1. The molecule has 2 N–H and O–H groups in total. The number of alkyl halides is 3. The zero-order chi connectivity index (χ0) is 19.8. The Bertz CT molecular complexity index is 735. The minimum absolute atomic E-state index is 0.377. The number of halogens is 3. The van der Waals surface area contributed by atoms with Crippen molar-refractivity contribution in [3.05, 3.63) is 34.9 Å². The third kappa shape index (κ3) is 4.20. The summed E-state index contributed by atoms with van der Waals surface area (Å²) in [5.74, 6) is -5.20. The third-order valence-corrected chi connectivity index (χ3v) is 5.56. The number of urea groups is 1. The number of rotatable bonds is 3. The molecule has 0 radical (unpaired) electrons. The molecule has 27 heavy (non-hydrogen) atoms. The summed E-state index contributed by atoms with van der Waals surface area (Å²) in [6.45, 7) is 0.694. The number of carbonyl (C=O) groups excluding carboxylic acids is 1. The molecule has 0 spiro atoms. The Labute approximate surface area is 155 Å². The molecule has 1 fully saturated rings. The molecule has 3 rings (SSSR count). The Hall–Kier alpha value is -2.25. The smallest absolute Gasteiger partial charge is 0.394 e. The lowest BCUT2D eigenvalue weighted by Crippen LogP contribution is -2.40. The molecule has 1 aromatic rings. The van der Waals surface area contributed by atoms with Crippen molar-refractivity contribution >= 4 is 12.0 Å². The molecule has 1 heterocycles. The maximum Gasteiger partial charge on any atom is 0.394 e. The van der Waals surface area contributed by atoms with E-state index < -0.39 is 43.1 Å². The fraction of sp³-hybridized carbons (Fsp3) is 0.579. The number of hydrogen-bond donors (Lipinski definition) is 2. The van der Waals surface area contributed by atoms with Crippen molar-refractivity contribution in [1.82, 2.24) is 10.2 Å². The topological polar surface area (TPSA) is 69.6 Å². The number of fused-ring (bicyclic) bond motifs is 1. The zero-order valence-electron chi connectivity index (χ0n) is 15.1. The van der Waals surface area contributed by atoms with Crippen LogP contribution in [0.2, 0.25) is 0 Å². The number of likely N-dealkylation sites (tertiary alicyclic amines) is 1. The van der Waals surface area contributed by atoms with E-state index in [1.165, 1.54) is 17.5 Å².